The van der Waals surface area contributed by atoms with Crippen molar-refractivity contribution in [1.82, 2.24) is 19.9 Å². The first kappa shape index (κ1) is 22.3. The fraction of sp³-hybridized carbons (Fsp3) is 0.385. The molecular formula is C26H30N6O2. The largest absolute Gasteiger partial charge is 0.367 e. The van der Waals surface area contributed by atoms with Crippen LogP contribution in [0.1, 0.15) is 41.7 Å². The van der Waals surface area contributed by atoms with Crippen molar-refractivity contribution in [3.63, 3.8) is 0 Å². The number of aryl methyl sites for hydroxylation is 1. The van der Waals surface area contributed by atoms with Crippen LogP contribution in [0.2, 0.25) is 0 Å². The molecule has 5 rings (SSSR count). The number of H-pyrrole nitrogens is 1. The molecule has 1 amide bonds. The number of amides is 1. The number of carbonyl (C=O) groups is 1. The minimum atomic E-state index is -0.365. The zero-order chi connectivity index (χ0) is 23.5. The van der Waals surface area contributed by atoms with Crippen molar-refractivity contribution >= 4 is 17.3 Å². The molecule has 2 aliphatic heterocycles. The molecule has 0 saturated carbocycles. The highest BCUT2D eigenvalue weighted by molar-refractivity contribution is 6.04. The number of nitrogens with one attached hydrogen (secondary N) is 2. The number of hydrogen-bond donors (Lipinski definition) is 2. The van der Waals surface area contributed by atoms with E-state index in [1.165, 1.54) is 38.8 Å². The van der Waals surface area contributed by atoms with E-state index in [1.54, 1.807) is 24.7 Å². The zero-order valence-electron chi connectivity index (χ0n) is 19.5. The maximum atomic E-state index is 12.9. The van der Waals surface area contributed by atoms with Gasteiger partial charge in [-0.2, -0.15) is 0 Å². The summed E-state index contributed by atoms with van der Waals surface area (Å²) in [5.41, 5.74) is 3.56. The summed E-state index contributed by atoms with van der Waals surface area (Å²) in [5.74, 6) is -0.320. The van der Waals surface area contributed by atoms with Gasteiger partial charge in [-0.05, 0) is 76.0 Å². The van der Waals surface area contributed by atoms with E-state index < -0.39 is 0 Å². The van der Waals surface area contributed by atoms with Gasteiger partial charge in [-0.25, -0.2) is 4.98 Å². The number of benzene rings is 1. The minimum Gasteiger partial charge on any atom is -0.367 e. The highest BCUT2D eigenvalue weighted by atomic mass is 16.2. The molecule has 2 saturated heterocycles. The van der Waals surface area contributed by atoms with E-state index in [0.717, 1.165) is 24.5 Å². The van der Waals surface area contributed by atoms with Crippen LogP contribution in [0.5, 0.6) is 0 Å². The summed E-state index contributed by atoms with van der Waals surface area (Å²) in [6.07, 6.45) is 9.89. The molecule has 2 N–H and O–H groups in total. The Kier molecular flexibility index (Phi) is 6.40. The molecule has 8 heteroatoms. The number of anilines is 2. The van der Waals surface area contributed by atoms with Gasteiger partial charge in [0.15, 0.2) is 0 Å². The Labute approximate surface area is 199 Å². The van der Waals surface area contributed by atoms with Gasteiger partial charge < -0.3 is 20.1 Å². The molecule has 176 valence electrons. The van der Waals surface area contributed by atoms with Crippen molar-refractivity contribution in [3.05, 3.63) is 70.5 Å². The molecule has 0 radical (unpaired) electrons. The Morgan fingerprint density at radius 2 is 1.91 bits per heavy atom. The number of hydrogen-bond acceptors (Lipinski definition) is 6. The third kappa shape index (κ3) is 4.87. The minimum absolute atomic E-state index is 0.181. The Bertz CT molecular complexity index is 1220. The summed E-state index contributed by atoms with van der Waals surface area (Å²) in [6.45, 7) is 6.44. The smallest absolute Gasteiger partial charge is 0.271 e. The van der Waals surface area contributed by atoms with Gasteiger partial charge in [-0.1, -0.05) is 0 Å². The molecule has 1 aromatic carbocycles. The quantitative estimate of drug-likeness (QED) is 0.588. The summed E-state index contributed by atoms with van der Waals surface area (Å²) in [4.78, 5) is 41.5. The lowest BCUT2D eigenvalue weighted by atomic mass is 10.1. The average molecular weight is 459 g/mol. The predicted octanol–water partition coefficient (Wildman–Crippen LogP) is 3.46. The van der Waals surface area contributed by atoms with Gasteiger partial charge in [0.1, 0.15) is 5.69 Å². The number of carbonyl (C=O) groups excluding carboxylic acids is 1. The van der Waals surface area contributed by atoms with Crippen LogP contribution in [0.15, 0.2) is 53.7 Å². The van der Waals surface area contributed by atoms with Crippen molar-refractivity contribution in [2.45, 2.75) is 38.6 Å². The van der Waals surface area contributed by atoms with Crippen LogP contribution in [-0.2, 0) is 0 Å². The number of aromatic amines is 1. The first-order chi connectivity index (χ1) is 16.6. The second-order valence-corrected chi connectivity index (χ2v) is 9.18. The Morgan fingerprint density at radius 3 is 2.68 bits per heavy atom. The summed E-state index contributed by atoms with van der Waals surface area (Å²) in [6, 6.07) is 9.85. The summed E-state index contributed by atoms with van der Waals surface area (Å²) < 4.78 is 0. The second kappa shape index (κ2) is 9.77. The summed E-state index contributed by atoms with van der Waals surface area (Å²) in [7, 11) is 0. The maximum absolute atomic E-state index is 12.9. The van der Waals surface area contributed by atoms with E-state index in [0.29, 0.717) is 22.9 Å². The SMILES string of the molecule is Cc1cncc(-c2c[nH]c(=O)c(NC(=O)c3ccc(N4CCC[C@H]4CN4CCCC4)cc3)c2)n1. The van der Waals surface area contributed by atoms with E-state index in [1.807, 2.05) is 31.2 Å². The van der Waals surface area contributed by atoms with Crippen LogP contribution in [0.25, 0.3) is 11.3 Å². The summed E-state index contributed by atoms with van der Waals surface area (Å²) in [5, 5.41) is 2.75. The normalized spacial score (nSPS) is 18.4. The summed E-state index contributed by atoms with van der Waals surface area (Å²) >= 11 is 0. The van der Waals surface area contributed by atoms with Crippen LogP contribution in [0, 0.1) is 6.92 Å². The molecule has 1 atom stereocenters. The van der Waals surface area contributed by atoms with Gasteiger partial charge in [0, 0.05) is 48.3 Å². The van der Waals surface area contributed by atoms with Crippen molar-refractivity contribution in [3.8, 4) is 11.3 Å². The molecule has 2 aliphatic rings. The van der Waals surface area contributed by atoms with E-state index in [-0.39, 0.29) is 17.2 Å². The number of rotatable bonds is 6. The molecule has 8 nitrogen and oxygen atoms in total. The molecule has 2 fully saturated rings. The van der Waals surface area contributed by atoms with Gasteiger partial charge in [-0.15, -0.1) is 0 Å². The Balaban J connectivity index is 1.28. The maximum Gasteiger partial charge on any atom is 0.271 e. The standard InChI is InChI=1S/C26H30N6O2/c1-18-14-27-16-24(29-18)20-13-23(26(34)28-15-20)30-25(33)19-6-8-21(9-7-19)32-12-4-5-22(32)17-31-10-2-3-11-31/h6-9,13-16,22H,2-5,10-12,17H2,1H3,(H,28,34)(H,30,33)/t22-/m0/s1. The highest BCUT2D eigenvalue weighted by Gasteiger charge is 2.27. The highest BCUT2D eigenvalue weighted by Crippen LogP contribution is 2.27. The molecule has 4 heterocycles. The Hall–Kier alpha value is -3.52. The molecule has 0 spiro atoms. The van der Waals surface area contributed by atoms with Crippen molar-refractivity contribution in [1.29, 1.82) is 0 Å². The van der Waals surface area contributed by atoms with Crippen molar-refractivity contribution in [2.24, 2.45) is 0 Å². The molecule has 2 aromatic heterocycles. The van der Waals surface area contributed by atoms with E-state index in [9.17, 15) is 9.59 Å². The molecule has 0 unspecified atom stereocenters. The van der Waals surface area contributed by atoms with Crippen LogP contribution in [0.3, 0.4) is 0 Å². The molecular weight excluding hydrogens is 428 g/mol. The number of nitrogens with zero attached hydrogens (tertiary/aromatic N) is 4. The van der Waals surface area contributed by atoms with Gasteiger partial charge in [0.2, 0.25) is 0 Å². The van der Waals surface area contributed by atoms with Crippen LogP contribution in [-0.4, -0.2) is 58.0 Å². The van der Waals surface area contributed by atoms with Gasteiger partial charge >= 0.3 is 0 Å². The average Bonchev–Trinajstić information content (AvgIpc) is 3.53. The van der Waals surface area contributed by atoms with E-state index in [2.05, 4.69) is 30.1 Å². The first-order valence-electron chi connectivity index (χ1n) is 12.0. The fourth-order valence-electron chi connectivity index (χ4n) is 4.95. The van der Waals surface area contributed by atoms with Crippen molar-refractivity contribution in [2.75, 3.05) is 36.4 Å². The lowest BCUT2D eigenvalue weighted by Gasteiger charge is -2.30. The Morgan fingerprint density at radius 1 is 1.12 bits per heavy atom. The van der Waals surface area contributed by atoms with Gasteiger partial charge in [-0.3, -0.25) is 14.6 Å². The van der Waals surface area contributed by atoms with Gasteiger partial charge in [0.25, 0.3) is 11.5 Å². The molecule has 0 aliphatic carbocycles. The number of aromatic nitrogens is 3. The lowest BCUT2D eigenvalue weighted by molar-refractivity contribution is 0.102. The topological polar surface area (TPSA) is 94.2 Å². The second-order valence-electron chi connectivity index (χ2n) is 9.18. The molecule has 3 aromatic rings. The number of likely N-dealkylation sites (tertiary alicyclic amines) is 1. The fourth-order valence-corrected chi connectivity index (χ4v) is 4.95. The van der Waals surface area contributed by atoms with E-state index >= 15 is 0 Å². The first-order valence-corrected chi connectivity index (χ1v) is 12.0. The molecule has 34 heavy (non-hydrogen) atoms. The van der Waals surface area contributed by atoms with E-state index in [4.69, 9.17) is 0 Å². The third-order valence-electron chi connectivity index (χ3n) is 6.71. The zero-order valence-corrected chi connectivity index (χ0v) is 19.5. The van der Waals surface area contributed by atoms with Crippen LogP contribution in [0.4, 0.5) is 11.4 Å². The third-order valence-corrected chi connectivity index (χ3v) is 6.71. The van der Waals surface area contributed by atoms with Crippen molar-refractivity contribution < 1.29 is 4.79 Å². The lowest BCUT2D eigenvalue weighted by Crippen LogP contribution is -2.39. The van der Waals surface area contributed by atoms with Crippen LogP contribution < -0.4 is 15.8 Å². The monoisotopic (exact) mass is 458 g/mol. The molecule has 0 bridgehead atoms. The number of pyridine rings is 1. The van der Waals surface area contributed by atoms with Crippen LogP contribution >= 0.6 is 0 Å². The van der Waals surface area contributed by atoms with Gasteiger partial charge in [0.05, 0.1) is 17.6 Å². The predicted molar refractivity (Wildman–Crippen MR) is 133 cm³/mol.